The van der Waals surface area contributed by atoms with Crippen LogP contribution in [0.4, 0.5) is 4.39 Å². The van der Waals surface area contributed by atoms with Gasteiger partial charge in [-0.05, 0) is 37.5 Å². The Morgan fingerprint density at radius 3 is 2.68 bits per heavy atom. The van der Waals surface area contributed by atoms with Crippen molar-refractivity contribution >= 4 is 11.9 Å². The van der Waals surface area contributed by atoms with Crippen molar-refractivity contribution in [2.75, 3.05) is 13.1 Å². The maximum atomic E-state index is 13.3. The molecular weight excluding hydrogens is 325 g/mol. The maximum Gasteiger partial charge on any atom is 0.311 e. The third kappa shape index (κ3) is 4.92. The molecule has 0 saturated carbocycles. The average Bonchev–Trinajstić information content (AvgIpc) is 2.90. The van der Waals surface area contributed by atoms with Gasteiger partial charge in [-0.25, -0.2) is 4.39 Å². The highest BCUT2D eigenvalue weighted by atomic mass is 19.1. The molecule has 25 heavy (non-hydrogen) atoms. The molecule has 0 saturated heterocycles. The van der Waals surface area contributed by atoms with E-state index in [0.29, 0.717) is 30.6 Å². The normalized spacial score (nSPS) is 10.7. The van der Waals surface area contributed by atoms with E-state index in [1.165, 1.54) is 18.4 Å². The molecule has 5 nitrogen and oxygen atoms in total. The second-order valence-corrected chi connectivity index (χ2v) is 5.96. The minimum atomic E-state index is -1.05. The van der Waals surface area contributed by atoms with Crippen molar-refractivity contribution in [1.82, 2.24) is 4.90 Å². The second-order valence-electron chi connectivity index (χ2n) is 5.96. The van der Waals surface area contributed by atoms with E-state index in [1.807, 2.05) is 13.0 Å². The number of hydrogen-bond acceptors (Lipinski definition) is 3. The van der Waals surface area contributed by atoms with Crippen LogP contribution in [0, 0.1) is 12.7 Å². The smallest absolute Gasteiger partial charge is 0.311 e. The predicted molar refractivity (Wildman–Crippen MR) is 91.1 cm³/mol. The quantitative estimate of drug-likeness (QED) is 0.794. The standard InChI is InChI=1S/C19H22FNO4/c1-3-8-21(9-7-14-5-4-6-15(20)10-14)19(24)18-13(2)12-25-16(18)11-17(22)23/h4-6,10,12H,3,7-9,11H2,1-2H3,(H,22,23). The number of aryl methyl sites for hydroxylation is 1. The Morgan fingerprint density at radius 2 is 2.04 bits per heavy atom. The Bertz CT molecular complexity index is 754. The first-order valence-corrected chi connectivity index (χ1v) is 8.24. The summed E-state index contributed by atoms with van der Waals surface area (Å²) in [6.45, 7) is 4.64. The van der Waals surface area contributed by atoms with Gasteiger partial charge < -0.3 is 14.4 Å². The fourth-order valence-electron chi connectivity index (χ4n) is 2.75. The molecule has 1 aromatic carbocycles. The third-order valence-electron chi connectivity index (χ3n) is 3.92. The monoisotopic (exact) mass is 347 g/mol. The lowest BCUT2D eigenvalue weighted by Gasteiger charge is -2.22. The third-order valence-corrected chi connectivity index (χ3v) is 3.92. The van der Waals surface area contributed by atoms with Crippen LogP contribution in [0.1, 0.15) is 40.6 Å². The zero-order valence-electron chi connectivity index (χ0n) is 14.4. The van der Waals surface area contributed by atoms with E-state index >= 15 is 0 Å². The number of furan rings is 1. The largest absolute Gasteiger partial charge is 0.481 e. The molecular formula is C19H22FNO4. The van der Waals surface area contributed by atoms with E-state index in [1.54, 1.807) is 17.9 Å². The van der Waals surface area contributed by atoms with Crippen LogP contribution < -0.4 is 0 Å². The zero-order valence-corrected chi connectivity index (χ0v) is 14.4. The van der Waals surface area contributed by atoms with Gasteiger partial charge in [0.1, 0.15) is 18.0 Å². The Morgan fingerprint density at radius 1 is 1.28 bits per heavy atom. The summed E-state index contributed by atoms with van der Waals surface area (Å²) in [6, 6.07) is 6.29. The SMILES string of the molecule is CCCN(CCc1cccc(F)c1)C(=O)c1c(C)coc1CC(=O)O. The van der Waals surface area contributed by atoms with E-state index in [-0.39, 0.29) is 23.9 Å². The summed E-state index contributed by atoms with van der Waals surface area (Å²) in [5.74, 6) is -1.44. The van der Waals surface area contributed by atoms with Gasteiger partial charge in [-0.3, -0.25) is 9.59 Å². The average molecular weight is 347 g/mol. The number of rotatable bonds is 8. The molecule has 0 aliphatic carbocycles. The summed E-state index contributed by atoms with van der Waals surface area (Å²) in [7, 11) is 0. The Balaban J connectivity index is 2.17. The van der Waals surface area contributed by atoms with E-state index in [4.69, 9.17) is 9.52 Å². The van der Waals surface area contributed by atoms with E-state index in [9.17, 15) is 14.0 Å². The van der Waals surface area contributed by atoms with Gasteiger partial charge in [-0.1, -0.05) is 19.1 Å². The van der Waals surface area contributed by atoms with Crippen LogP contribution in [0.2, 0.25) is 0 Å². The molecule has 0 bridgehead atoms. The minimum absolute atomic E-state index is 0.168. The van der Waals surface area contributed by atoms with Crippen LogP contribution in [0.5, 0.6) is 0 Å². The lowest BCUT2D eigenvalue weighted by molar-refractivity contribution is -0.136. The fourth-order valence-corrected chi connectivity index (χ4v) is 2.75. The highest BCUT2D eigenvalue weighted by molar-refractivity contribution is 5.97. The van der Waals surface area contributed by atoms with E-state index in [2.05, 4.69) is 0 Å². The van der Waals surface area contributed by atoms with Crippen molar-refractivity contribution < 1.29 is 23.5 Å². The first kappa shape index (κ1) is 18.7. The lowest BCUT2D eigenvalue weighted by atomic mass is 10.1. The predicted octanol–water partition coefficient (Wildman–Crippen LogP) is 3.45. The van der Waals surface area contributed by atoms with Crippen LogP contribution in [0.3, 0.4) is 0 Å². The van der Waals surface area contributed by atoms with E-state index in [0.717, 1.165) is 12.0 Å². The van der Waals surface area contributed by atoms with Crippen LogP contribution in [0.15, 0.2) is 34.9 Å². The van der Waals surface area contributed by atoms with Crippen LogP contribution in [-0.4, -0.2) is 35.0 Å². The Hall–Kier alpha value is -2.63. The van der Waals surface area contributed by atoms with Crippen molar-refractivity contribution in [1.29, 1.82) is 0 Å². The lowest BCUT2D eigenvalue weighted by Crippen LogP contribution is -2.34. The first-order chi connectivity index (χ1) is 11.9. The molecule has 1 N–H and O–H groups in total. The number of carbonyl (C=O) groups is 2. The van der Waals surface area contributed by atoms with Crippen molar-refractivity contribution in [3.63, 3.8) is 0 Å². The van der Waals surface area contributed by atoms with Crippen LogP contribution in [0.25, 0.3) is 0 Å². The zero-order chi connectivity index (χ0) is 18.4. The molecule has 0 radical (unpaired) electrons. The van der Waals surface area contributed by atoms with Crippen LogP contribution >= 0.6 is 0 Å². The molecule has 6 heteroatoms. The summed E-state index contributed by atoms with van der Waals surface area (Å²) in [6.07, 6.45) is 2.36. The molecule has 134 valence electrons. The number of benzene rings is 1. The summed E-state index contributed by atoms with van der Waals surface area (Å²) in [4.78, 5) is 25.5. The Kier molecular flexibility index (Phi) is 6.33. The maximum absolute atomic E-state index is 13.3. The topological polar surface area (TPSA) is 70.8 Å². The molecule has 1 amide bonds. The summed E-state index contributed by atoms with van der Waals surface area (Å²) < 4.78 is 18.6. The number of nitrogens with zero attached hydrogens (tertiary/aromatic N) is 1. The van der Waals surface area contributed by atoms with E-state index < -0.39 is 5.97 Å². The van der Waals surface area contributed by atoms with Crippen molar-refractivity contribution in [3.8, 4) is 0 Å². The number of carboxylic acids is 1. The minimum Gasteiger partial charge on any atom is -0.481 e. The van der Waals surface area contributed by atoms with Crippen molar-refractivity contribution in [2.24, 2.45) is 0 Å². The molecule has 2 rings (SSSR count). The van der Waals surface area contributed by atoms with Gasteiger partial charge in [-0.15, -0.1) is 0 Å². The number of hydrogen-bond donors (Lipinski definition) is 1. The molecule has 0 aliphatic rings. The first-order valence-electron chi connectivity index (χ1n) is 8.24. The summed E-state index contributed by atoms with van der Waals surface area (Å²) in [5.41, 5.74) is 1.74. The highest BCUT2D eigenvalue weighted by Gasteiger charge is 2.24. The second kappa shape index (κ2) is 8.46. The summed E-state index contributed by atoms with van der Waals surface area (Å²) in [5, 5.41) is 8.98. The molecule has 0 unspecified atom stereocenters. The van der Waals surface area contributed by atoms with Crippen LogP contribution in [-0.2, 0) is 17.6 Å². The number of halogens is 1. The Labute approximate surface area is 146 Å². The van der Waals surface area contributed by atoms with Crippen molar-refractivity contribution in [2.45, 2.75) is 33.1 Å². The molecule has 2 aromatic rings. The molecule has 1 aromatic heterocycles. The van der Waals surface area contributed by atoms with Gasteiger partial charge in [-0.2, -0.15) is 0 Å². The van der Waals surface area contributed by atoms with Crippen molar-refractivity contribution in [3.05, 3.63) is 58.8 Å². The van der Waals surface area contributed by atoms with Gasteiger partial charge in [0.05, 0.1) is 11.8 Å². The molecule has 0 spiro atoms. The molecule has 1 heterocycles. The molecule has 0 fully saturated rings. The van der Waals surface area contributed by atoms with Gasteiger partial charge >= 0.3 is 5.97 Å². The number of amides is 1. The molecule has 0 atom stereocenters. The van der Waals surface area contributed by atoms with Gasteiger partial charge in [0.15, 0.2) is 0 Å². The van der Waals surface area contributed by atoms with Gasteiger partial charge in [0.2, 0.25) is 0 Å². The molecule has 0 aliphatic heterocycles. The van der Waals surface area contributed by atoms with Gasteiger partial charge in [0.25, 0.3) is 5.91 Å². The fraction of sp³-hybridized carbons (Fsp3) is 0.368. The number of carbonyl (C=O) groups excluding carboxylic acids is 1. The highest BCUT2D eigenvalue weighted by Crippen LogP contribution is 2.20. The number of aliphatic carboxylic acids is 1. The van der Waals surface area contributed by atoms with Gasteiger partial charge in [0, 0.05) is 18.7 Å². The number of carboxylic acid groups (broad SMARTS) is 1. The summed E-state index contributed by atoms with van der Waals surface area (Å²) >= 11 is 0.